The Balaban J connectivity index is 2.15. The molecule has 1 aliphatic rings. The third-order valence-electron chi connectivity index (χ3n) is 4.80. The van der Waals surface area contributed by atoms with Crippen LogP contribution in [0.1, 0.15) is 58.2 Å². The molecule has 158 valence electrons. The number of carbonyl (C=O) groups is 2. The first-order chi connectivity index (χ1) is 13.2. The third-order valence-corrected chi connectivity index (χ3v) is 4.80. The molecular formula is C20H36N6O2. The number of rotatable bonds is 8. The number of amides is 2. The van der Waals surface area contributed by atoms with Crippen molar-refractivity contribution in [3.8, 4) is 0 Å². The second-order valence-corrected chi connectivity index (χ2v) is 8.84. The van der Waals surface area contributed by atoms with Crippen molar-refractivity contribution in [2.75, 3.05) is 33.7 Å². The van der Waals surface area contributed by atoms with Crippen LogP contribution in [0.3, 0.4) is 0 Å². The topological polar surface area (TPSA) is 83.4 Å². The fraction of sp³-hybridized carbons (Fsp3) is 0.800. The third kappa shape index (κ3) is 6.29. The van der Waals surface area contributed by atoms with E-state index in [4.69, 9.17) is 0 Å². The highest BCUT2D eigenvalue weighted by molar-refractivity contribution is 5.78. The molecule has 1 N–H and O–H groups in total. The van der Waals surface area contributed by atoms with E-state index in [-0.39, 0.29) is 17.9 Å². The lowest BCUT2D eigenvalue weighted by atomic mass is 10.0. The maximum atomic E-state index is 12.5. The highest BCUT2D eigenvalue weighted by atomic mass is 16.2. The summed E-state index contributed by atoms with van der Waals surface area (Å²) in [6, 6.07) is -0.174. The van der Waals surface area contributed by atoms with Gasteiger partial charge in [-0.15, -0.1) is 10.2 Å². The van der Waals surface area contributed by atoms with Crippen molar-refractivity contribution in [2.45, 2.75) is 59.5 Å². The number of nitrogens with one attached hydrogen (secondary N) is 1. The molecule has 1 aliphatic heterocycles. The highest BCUT2D eigenvalue weighted by Crippen LogP contribution is 2.22. The molecule has 8 nitrogen and oxygen atoms in total. The Labute approximate surface area is 168 Å². The summed E-state index contributed by atoms with van der Waals surface area (Å²) in [5.41, 5.74) is 0. The van der Waals surface area contributed by atoms with Crippen LogP contribution in [0, 0.1) is 11.8 Å². The molecule has 2 heterocycles. The number of fused-ring (bicyclic) bond motifs is 1. The molecule has 1 atom stereocenters. The summed E-state index contributed by atoms with van der Waals surface area (Å²) in [7, 11) is 3.76. The lowest BCUT2D eigenvalue weighted by Crippen LogP contribution is -2.38. The van der Waals surface area contributed by atoms with Crippen LogP contribution in [-0.2, 0) is 22.6 Å². The van der Waals surface area contributed by atoms with Gasteiger partial charge in [-0.3, -0.25) is 9.59 Å². The minimum atomic E-state index is -0.174. The van der Waals surface area contributed by atoms with E-state index in [9.17, 15) is 9.59 Å². The van der Waals surface area contributed by atoms with Crippen molar-refractivity contribution in [2.24, 2.45) is 11.8 Å². The van der Waals surface area contributed by atoms with Crippen LogP contribution >= 0.6 is 0 Å². The van der Waals surface area contributed by atoms with E-state index in [0.717, 1.165) is 18.1 Å². The summed E-state index contributed by atoms with van der Waals surface area (Å²) in [6.45, 7) is 10.7. The number of carbonyl (C=O) groups excluding carboxylic acids is 2. The number of hydrogen-bond donors (Lipinski definition) is 1. The second kappa shape index (κ2) is 10.0. The van der Waals surface area contributed by atoms with Gasteiger partial charge in [-0.25, -0.2) is 0 Å². The molecule has 1 aromatic rings. The van der Waals surface area contributed by atoms with Gasteiger partial charge in [0.15, 0.2) is 5.82 Å². The van der Waals surface area contributed by atoms with E-state index in [0.29, 0.717) is 50.9 Å². The van der Waals surface area contributed by atoms with Crippen LogP contribution in [0.4, 0.5) is 0 Å². The summed E-state index contributed by atoms with van der Waals surface area (Å²) >= 11 is 0. The largest absolute Gasteiger partial charge is 0.345 e. The summed E-state index contributed by atoms with van der Waals surface area (Å²) in [5, 5.41) is 11.9. The van der Waals surface area contributed by atoms with Crippen LogP contribution in [-0.4, -0.2) is 70.1 Å². The Hall–Kier alpha value is -1.96. The molecule has 0 saturated heterocycles. The fourth-order valence-electron chi connectivity index (χ4n) is 3.56. The van der Waals surface area contributed by atoms with E-state index in [1.165, 1.54) is 0 Å². The summed E-state index contributed by atoms with van der Waals surface area (Å²) in [6.07, 6.45) is 2.06. The summed E-state index contributed by atoms with van der Waals surface area (Å²) in [4.78, 5) is 28.6. The molecule has 0 saturated carbocycles. The zero-order chi connectivity index (χ0) is 20.8. The molecule has 0 aromatic carbocycles. The Kier molecular flexibility index (Phi) is 7.98. The average Bonchev–Trinajstić information content (AvgIpc) is 2.83. The van der Waals surface area contributed by atoms with E-state index in [1.54, 1.807) is 0 Å². The standard InChI is InChI=1S/C20H36N6O2/c1-14(2)11-16(21-18(27)13-24(5)6)20-23-22-17-7-8-25(9-10-26(17)20)19(28)12-15(3)4/h14-16H,7-13H2,1-6H3,(H,21,27)/t16-/m1/s1. The van der Waals surface area contributed by atoms with Crippen LogP contribution in [0.5, 0.6) is 0 Å². The van der Waals surface area contributed by atoms with E-state index in [1.807, 2.05) is 23.9 Å². The molecule has 0 unspecified atom stereocenters. The first kappa shape index (κ1) is 22.3. The van der Waals surface area contributed by atoms with Crippen molar-refractivity contribution < 1.29 is 9.59 Å². The Bertz CT molecular complexity index is 668. The molecule has 28 heavy (non-hydrogen) atoms. The Morgan fingerprint density at radius 3 is 2.39 bits per heavy atom. The molecular weight excluding hydrogens is 356 g/mol. The molecule has 0 fully saturated rings. The van der Waals surface area contributed by atoms with Crippen molar-refractivity contribution in [1.82, 2.24) is 29.9 Å². The zero-order valence-corrected chi connectivity index (χ0v) is 18.2. The Morgan fingerprint density at radius 1 is 1.07 bits per heavy atom. The van der Waals surface area contributed by atoms with Crippen LogP contribution < -0.4 is 5.32 Å². The molecule has 8 heteroatoms. The maximum absolute atomic E-state index is 12.5. The molecule has 1 aromatic heterocycles. The summed E-state index contributed by atoms with van der Waals surface area (Å²) in [5.74, 6) is 2.64. The van der Waals surface area contributed by atoms with Crippen molar-refractivity contribution in [3.05, 3.63) is 11.6 Å². The van der Waals surface area contributed by atoms with Crippen molar-refractivity contribution in [1.29, 1.82) is 0 Å². The second-order valence-electron chi connectivity index (χ2n) is 8.84. The molecule has 0 spiro atoms. The molecule has 2 amide bonds. The van der Waals surface area contributed by atoms with Crippen molar-refractivity contribution >= 4 is 11.8 Å². The first-order valence-electron chi connectivity index (χ1n) is 10.3. The molecule has 2 rings (SSSR count). The normalized spacial score (nSPS) is 15.7. The minimum Gasteiger partial charge on any atom is -0.345 e. The number of likely N-dealkylation sites (N-methyl/N-ethyl adjacent to an activating group) is 1. The first-order valence-corrected chi connectivity index (χ1v) is 10.3. The molecule has 0 aliphatic carbocycles. The van der Waals surface area contributed by atoms with Gasteiger partial charge in [0.1, 0.15) is 5.82 Å². The quantitative estimate of drug-likeness (QED) is 0.724. The van der Waals surface area contributed by atoms with E-state index < -0.39 is 0 Å². The smallest absolute Gasteiger partial charge is 0.234 e. The average molecular weight is 393 g/mol. The maximum Gasteiger partial charge on any atom is 0.234 e. The fourth-order valence-corrected chi connectivity index (χ4v) is 3.56. The number of hydrogen-bond acceptors (Lipinski definition) is 5. The number of aromatic nitrogens is 3. The highest BCUT2D eigenvalue weighted by Gasteiger charge is 2.27. The molecule has 0 radical (unpaired) electrons. The van der Waals surface area contributed by atoms with E-state index >= 15 is 0 Å². The SMILES string of the molecule is CC(C)CC(=O)N1CCc2nnc([C@@H](CC(C)C)NC(=O)CN(C)C)n2CC1. The molecule has 0 bridgehead atoms. The van der Waals surface area contributed by atoms with Gasteiger partial charge in [-0.2, -0.15) is 0 Å². The van der Waals surface area contributed by atoms with Crippen molar-refractivity contribution in [3.63, 3.8) is 0 Å². The predicted octanol–water partition coefficient (Wildman–Crippen LogP) is 1.47. The van der Waals surface area contributed by atoms with Gasteiger partial charge >= 0.3 is 0 Å². The zero-order valence-electron chi connectivity index (χ0n) is 18.2. The van der Waals surface area contributed by atoms with Gasteiger partial charge in [-0.05, 0) is 32.4 Å². The Morgan fingerprint density at radius 2 is 1.79 bits per heavy atom. The van der Waals surface area contributed by atoms with Crippen LogP contribution in [0.15, 0.2) is 0 Å². The van der Waals surface area contributed by atoms with Gasteiger partial charge in [-0.1, -0.05) is 27.7 Å². The van der Waals surface area contributed by atoms with Gasteiger partial charge < -0.3 is 19.7 Å². The number of nitrogens with zero attached hydrogens (tertiary/aromatic N) is 5. The lowest BCUT2D eigenvalue weighted by molar-refractivity contribution is -0.132. The monoisotopic (exact) mass is 392 g/mol. The van der Waals surface area contributed by atoms with Crippen LogP contribution in [0.25, 0.3) is 0 Å². The van der Waals surface area contributed by atoms with E-state index in [2.05, 4.69) is 47.8 Å². The lowest BCUT2D eigenvalue weighted by Gasteiger charge is -2.23. The minimum absolute atomic E-state index is 0.0182. The van der Waals surface area contributed by atoms with Gasteiger partial charge in [0.25, 0.3) is 0 Å². The van der Waals surface area contributed by atoms with Gasteiger partial charge in [0, 0.05) is 32.5 Å². The van der Waals surface area contributed by atoms with Crippen LogP contribution in [0.2, 0.25) is 0 Å². The summed E-state index contributed by atoms with van der Waals surface area (Å²) < 4.78 is 2.10. The van der Waals surface area contributed by atoms with Gasteiger partial charge in [0.2, 0.25) is 11.8 Å². The predicted molar refractivity (Wildman–Crippen MR) is 109 cm³/mol. The van der Waals surface area contributed by atoms with Gasteiger partial charge in [0.05, 0.1) is 12.6 Å².